The lowest BCUT2D eigenvalue weighted by molar-refractivity contribution is -0.142. The highest BCUT2D eigenvalue weighted by molar-refractivity contribution is 7.91. The predicted molar refractivity (Wildman–Crippen MR) is 187 cm³/mol. The first-order valence-corrected chi connectivity index (χ1v) is 19.4. The van der Waals surface area contributed by atoms with Crippen LogP contribution in [-0.2, 0) is 24.4 Å². The first-order valence-electron chi connectivity index (χ1n) is 17.9. The quantitative estimate of drug-likeness (QED) is 0.278. The molecule has 51 heavy (non-hydrogen) atoms. The van der Waals surface area contributed by atoms with E-state index in [0.717, 1.165) is 11.8 Å². The Hall–Kier alpha value is -4.40. The van der Waals surface area contributed by atoms with E-state index in [1.54, 1.807) is 6.20 Å². The maximum absolute atomic E-state index is 14.5. The number of nitrogens with zero attached hydrogens (tertiary/aromatic N) is 2. The highest BCUT2D eigenvalue weighted by Gasteiger charge is 2.62. The van der Waals surface area contributed by atoms with Gasteiger partial charge in [0.1, 0.15) is 29.5 Å². The number of nitrogens with one attached hydrogen (secondary N) is 3. The van der Waals surface area contributed by atoms with Crippen LogP contribution in [0.3, 0.4) is 0 Å². The van der Waals surface area contributed by atoms with Crippen LogP contribution in [0.4, 0.5) is 4.79 Å². The molecule has 0 bridgehead atoms. The molecule has 2 aliphatic carbocycles. The topological polar surface area (TPSA) is 193 Å². The fraction of sp³-hybridized carbons (Fsp3) is 0.583. The highest BCUT2D eigenvalue weighted by atomic mass is 32.2. The molecule has 3 heterocycles. The second-order valence-electron chi connectivity index (χ2n) is 14.3. The third kappa shape index (κ3) is 7.77. The van der Waals surface area contributed by atoms with Crippen LogP contribution in [-0.4, -0.2) is 89.4 Å². The maximum atomic E-state index is 14.5. The van der Waals surface area contributed by atoms with Gasteiger partial charge in [0, 0.05) is 23.1 Å². The number of aromatic nitrogens is 1. The number of ether oxygens (including phenoxy) is 2. The molecule has 1 aromatic heterocycles. The molecule has 7 atom stereocenters. The minimum atomic E-state index is -3.90. The average molecular weight is 726 g/mol. The average Bonchev–Trinajstić information content (AvgIpc) is 4.02. The number of allylic oxidation sites excluding steroid dienone is 1. The molecule has 14 nitrogen and oxygen atoms in total. The van der Waals surface area contributed by atoms with Crippen molar-refractivity contribution in [1.82, 2.24) is 25.2 Å². The summed E-state index contributed by atoms with van der Waals surface area (Å²) in [6.07, 6.45) is 6.92. The number of fused-ring (bicyclic) bond motifs is 3. The normalized spacial score (nSPS) is 30.5. The van der Waals surface area contributed by atoms with Crippen molar-refractivity contribution in [3.63, 3.8) is 0 Å². The van der Waals surface area contributed by atoms with Gasteiger partial charge in [0.2, 0.25) is 27.7 Å². The second-order valence-corrected chi connectivity index (χ2v) is 16.2. The summed E-state index contributed by atoms with van der Waals surface area (Å²) in [5, 5.41) is 15.9. The van der Waals surface area contributed by atoms with Crippen molar-refractivity contribution in [3.05, 3.63) is 42.6 Å². The molecule has 4 amide bonds. The van der Waals surface area contributed by atoms with Gasteiger partial charge in [-0.05, 0) is 63.4 Å². The van der Waals surface area contributed by atoms with Gasteiger partial charge >= 0.3 is 6.09 Å². The van der Waals surface area contributed by atoms with E-state index in [-0.39, 0.29) is 37.1 Å². The molecular weight excluding hydrogens is 678 g/mol. The van der Waals surface area contributed by atoms with Crippen LogP contribution in [0, 0.1) is 17.8 Å². The number of hydrogen-bond acceptors (Lipinski definition) is 9. The van der Waals surface area contributed by atoms with Gasteiger partial charge in [-0.25, -0.2) is 18.2 Å². The number of carbonyl (C=O) groups excluding carboxylic acids is 3. The van der Waals surface area contributed by atoms with Gasteiger partial charge in [-0.3, -0.25) is 19.1 Å². The van der Waals surface area contributed by atoms with Crippen molar-refractivity contribution in [2.24, 2.45) is 17.8 Å². The summed E-state index contributed by atoms with van der Waals surface area (Å²) in [6, 6.07) is 5.14. The summed E-state index contributed by atoms with van der Waals surface area (Å²) in [4.78, 5) is 60.4. The summed E-state index contributed by atoms with van der Waals surface area (Å²) < 4.78 is 40.0. The molecule has 6 rings (SSSR count). The Balaban J connectivity index is 1.35. The van der Waals surface area contributed by atoms with E-state index in [9.17, 15) is 32.7 Å². The standard InChI is InChI=1S/C36H47N5O9S/c1-4-22-16-21(3)10-6-7-11-23-18-36(23,34(44)40-51(47,48)25-14-15-25)39-31(42)28-17-24(20-41(28)33(43)30(22)38-35(45)46)50-32-27-13-9-8-12-26(27)29(19-37-32)49-5-2/h7-9,11-13,19,21-25,28,30,38H,4-6,10,14-18,20H2,1-3H3,(H,39,42)(H,40,44)(H,45,46)/b11-7-/t21-,22-,23-,24-,28+,30+,36-/m1/s1. The number of amides is 4. The van der Waals surface area contributed by atoms with Gasteiger partial charge in [0.25, 0.3) is 5.91 Å². The third-order valence-corrected chi connectivity index (χ3v) is 12.4. The summed E-state index contributed by atoms with van der Waals surface area (Å²) in [5.74, 6) is -1.83. The Morgan fingerprint density at radius 2 is 1.86 bits per heavy atom. The molecule has 4 N–H and O–H groups in total. The number of pyridine rings is 1. The molecule has 0 radical (unpaired) electrons. The van der Waals surface area contributed by atoms with Gasteiger partial charge < -0.3 is 30.1 Å². The summed E-state index contributed by atoms with van der Waals surface area (Å²) in [5.41, 5.74) is -1.52. The first-order chi connectivity index (χ1) is 24.4. The number of carbonyl (C=O) groups is 4. The van der Waals surface area contributed by atoms with E-state index in [1.807, 2.05) is 50.3 Å². The van der Waals surface area contributed by atoms with Crippen LogP contribution in [0.1, 0.15) is 72.1 Å². The molecule has 4 aliphatic rings. The number of sulfonamides is 1. The molecule has 2 saturated carbocycles. The van der Waals surface area contributed by atoms with Crippen LogP contribution in [0.15, 0.2) is 42.6 Å². The zero-order valence-electron chi connectivity index (χ0n) is 29.2. The molecular formula is C36H47N5O9S. The predicted octanol–water partition coefficient (Wildman–Crippen LogP) is 3.50. The van der Waals surface area contributed by atoms with Gasteiger partial charge in [0.05, 0.1) is 24.6 Å². The summed E-state index contributed by atoms with van der Waals surface area (Å²) >= 11 is 0. The Morgan fingerprint density at radius 1 is 1.12 bits per heavy atom. The summed E-state index contributed by atoms with van der Waals surface area (Å²) in [7, 11) is -3.90. The van der Waals surface area contributed by atoms with E-state index in [1.165, 1.54) is 4.90 Å². The number of rotatable bonds is 9. The Morgan fingerprint density at radius 3 is 2.55 bits per heavy atom. The van der Waals surface area contributed by atoms with Crippen molar-refractivity contribution < 1.29 is 42.2 Å². The molecule has 3 fully saturated rings. The first kappa shape index (κ1) is 36.4. The zero-order chi connectivity index (χ0) is 36.5. The van der Waals surface area contributed by atoms with E-state index in [4.69, 9.17) is 9.47 Å². The van der Waals surface area contributed by atoms with Crippen LogP contribution >= 0.6 is 0 Å². The molecule has 0 unspecified atom stereocenters. The fourth-order valence-corrected chi connectivity index (χ4v) is 8.88. The van der Waals surface area contributed by atoms with Gasteiger partial charge in [-0.2, -0.15) is 0 Å². The lowest BCUT2D eigenvalue weighted by atomic mass is 9.85. The second kappa shape index (κ2) is 14.7. The highest BCUT2D eigenvalue weighted by Crippen LogP contribution is 2.46. The molecule has 0 spiro atoms. The Labute approximate surface area is 297 Å². The number of hydrogen-bond donors (Lipinski definition) is 4. The molecule has 2 aliphatic heterocycles. The maximum Gasteiger partial charge on any atom is 0.405 e. The van der Waals surface area contributed by atoms with Crippen LogP contribution < -0.4 is 24.8 Å². The van der Waals surface area contributed by atoms with Crippen molar-refractivity contribution in [3.8, 4) is 11.6 Å². The minimum Gasteiger partial charge on any atom is -0.492 e. The van der Waals surface area contributed by atoms with Crippen molar-refractivity contribution in [1.29, 1.82) is 0 Å². The van der Waals surface area contributed by atoms with Gasteiger partial charge in [-0.1, -0.05) is 50.6 Å². The monoisotopic (exact) mass is 725 g/mol. The fourth-order valence-electron chi connectivity index (χ4n) is 7.51. The minimum absolute atomic E-state index is 0.0202. The van der Waals surface area contributed by atoms with E-state index >= 15 is 0 Å². The van der Waals surface area contributed by atoms with Crippen molar-refractivity contribution >= 4 is 44.6 Å². The van der Waals surface area contributed by atoms with Crippen LogP contribution in [0.5, 0.6) is 11.6 Å². The Kier molecular flexibility index (Phi) is 10.5. The lowest BCUT2D eigenvalue weighted by Crippen LogP contribution is -2.59. The molecule has 1 saturated heterocycles. The zero-order valence-corrected chi connectivity index (χ0v) is 30.0. The smallest absolute Gasteiger partial charge is 0.405 e. The van der Waals surface area contributed by atoms with Crippen molar-refractivity contribution in [2.45, 2.75) is 101 Å². The SMILES string of the molecule is CCOc1cnc(O[C@@H]2C[C@H]3C(=O)N[C@]4(C(=O)NS(=O)(=O)C5CC5)C[C@H]4/C=C\CC[C@@H](C)C[C@@H](CC)[C@H](NC(=O)O)C(=O)N3C2)c2ccccc12. The summed E-state index contributed by atoms with van der Waals surface area (Å²) in [6.45, 7) is 6.22. The molecule has 15 heteroatoms. The lowest BCUT2D eigenvalue weighted by Gasteiger charge is -2.33. The van der Waals surface area contributed by atoms with Crippen LogP contribution in [0.25, 0.3) is 10.8 Å². The van der Waals surface area contributed by atoms with Crippen LogP contribution in [0.2, 0.25) is 0 Å². The van der Waals surface area contributed by atoms with Gasteiger partial charge in [0.15, 0.2) is 0 Å². The third-order valence-electron chi connectivity index (χ3n) is 10.6. The number of carboxylic acid groups (broad SMARTS) is 1. The largest absolute Gasteiger partial charge is 0.492 e. The van der Waals surface area contributed by atoms with Crippen molar-refractivity contribution in [2.75, 3.05) is 13.2 Å². The molecule has 276 valence electrons. The van der Waals surface area contributed by atoms with Gasteiger partial charge in [-0.15, -0.1) is 0 Å². The molecule has 1 aromatic carbocycles. The van der Waals surface area contributed by atoms with E-state index < -0.39 is 68.7 Å². The Bertz CT molecular complexity index is 1810. The van der Waals surface area contributed by atoms with E-state index in [2.05, 4.69) is 27.3 Å². The number of benzene rings is 1. The van der Waals surface area contributed by atoms with E-state index in [0.29, 0.717) is 49.8 Å². The molecule has 2 aromatic rings.